The van der Waals surface area contributed by atoms with Crippen LogP contribution in [0.5, 0.6) is 0 Å². The summed E-state index contributed by atoms with van der Waals surface area (Å²) in [6.07, 6.45) is 2.39. The molecule has 4 rings (SSSR count). The molecule has 2 aromatic heterocycles. The minimum absolute atomic E-state index is 0.0671. The van der Waals surface area contributed by atoms with Crippen molar-refractivity contribution in [2.24, 2.45) is 0 Å². The van der Waals surface area contributed by atoms with E-state index in [0.29, 0.717) is 29.9 Å². The van der Waals surface area contributed by atoms with Gasteiger partial charge in [0.25, 0.3) is 5.91 Å². The van der Waals surface area contributed by atoms with Gasteiger partial charge in [0, 0.05) is 25.2 Å². The SMILES string of the molecule is CNC(=O)c1ccc(CN(Cc2nc(-c3cccs3)no2)C2CC2)cc1. The number of rotatable bonds is 7. The van der Waals surface area contributed by atoms with Crippen molar-refractivity contribution in [2.75, 3.05) is 7.05 Å². The van der Waals surface area contributed by atoms with Crippen LogP contribution in [-0.4, -0.2) is 34.0 Å². The van der Waals surface area contributed by atoms with E-state index in [1.807, 2.05) is 41.8 Å². The molecule has 6 nitrogen and oxygen atoms in total. The van der Waals surface area contributed by atoms with Crippen molar-refractivity contribution in [3.8, 4) is 10.7 Å². The molecule has 0 unspecified atom stereocenters. The monoisotopic (exact) mass is 368 g/mol. The Morgan fingerprint density at radius 2 is 2.08 bits per heavy atom. The fourth-order valence-corrected chi connectivity index (χ4v) is 3.54. The van der Waals surface area contributed by atoms with Crippen LogP contribution in [0.1, 0.15) is 34.7 Å². The maximum atomic E-state index is 11.7. The van der Waals surface area contributed by atoms with Gasteiger partial charge in [0.2, 0.25) is 11.7 Å². The molecule has 1 aliphatic carbocycles. The maximum Gasteiger partial charge on any atom is 0.251 e. The molecule has 134 valence electrons. The van der Waals surface area contributed by atoms with E-state index in [1.54, 1.807) is 18.4 Å². The topological polar surface area (TPSA) is 71.3 Å². The van der Waals surface area contributed by atoms with Crippen LogP contribution in [0, 0.1) is 0 Å². The number of benzene rings is 1. The van der Waals surface area contributed by atoms with Gasteiger partial charge in [-0.15, -0.1) is 11.3 Å². The van der Waals surface area contributed by atoms with Gasteiger partial charge in [-0.05, 0) is 42.0 Å². The minimum Gasteiger partial charge on any atom is -0.355 e. The standard InChI is InChI=1S/C19H20N4O2S/c1-20-19(24)14-6-4-13(5-7-14)11-23(15-8-9-15)12-17-21-18(22-25-17)16-3-2-10-26-16/h2-7,10,15H,8-9,11-12H2,1H3,(H,20,24). The van der Waals surface area contributed by atoms with Crippen LogP contribution in [0.2, 0.25) is 0 Å². The van der Waals surface area contributed by atoms with Crippen molar-refractivity contribution in [1.82, 2.24) is 20.4 Å². The highest BCUT2D eigenvalue weighted by atomic mass is 32.1. The number of nitrogens with one attached hydrogen (secondary N) is 1. The van der Waals surface area contributed by atoms with Gasteiger partial charge in [0.1, 0.15) is 0 Å². The second-order valence-electron chi connectivity index (χ2n) is 6.40. The van der Waals surface area contributed by atoms with Gasteiger partial charge in [-0.1, -0.05) is 23.4 Å². The number of amides is 1. The Kier molecular flexibility index (Phi) is 4.81. The number of thiophene rings is 1. The van der Waals surface area contributed by atoms with E-state index >= 15 is 0 Å². The lowest BCUT2D eigenvalue weighted by atomic mass is 10.1. The molecule has 26 heavy (non-hydrogen) atoms. The summed E-state index contributed by atoms with van der Waals surface area (Å²) in [5.41, 5.74) is 1.84. The van der Waals surface area contributed by atoms with Crippen molar-refractivity contribution >= 4 is 17.2 Å². The molecular weight excluding hydrogens is 348 g/mol. The molecule has 1 aliphatic rings. The second-order valence-corrected chi connectivity index (χ2v) is 7.35. The normalized spacial score (nSPS) is 13.9. The first-order valence-corrected chi connectivity index (χ1v) is 9.52. The minimum atomic E-state index is -0.0671. The smallest absolute Gasteiger partial charge is 0.251 e. The molecule has 7 heteroatoms. The van der Waals surface area contributed by atoms with Gasteiger partial charge < -0.3 is 9.84 Å². The Balaban J connectivity index is 1.44. The highest BCUT2D eigenvalue weighted by molar-refractivity contribution is 7.13. The maximum absolute atomic E-state index is 11.7. The molecule has 0 spiro atoms. The molecule has 0 atom stereocenters. The third kappa shape index (κ3) is 3.84. The first-order valence-electron chi connectivity index (χ1n) is 8.64. The van der Waals surface area contributed by atoms with E-state index in [4.69, 9.17) is 4.52 Å². The van der Waals surface area contributed by atoms with Crippen LogP contribution in [-0.2, 0) is 13.1 Å². The van der Waals surface area contributed by atoms with Crippen LogP contribution in [0.3, 0.4) is 0 Å². The fraction of sp³-hybridized carbons (Fsp3) is 0.316. The highest BCUT2D eigenvalue weighted by Crippen LogP contribution is 2.30. The summed E-state index contributed by atoms with van der Waals surface area (Å²) in [6.45, 7) is 1.44. The average molecular weight is 368 g/mol. The molecule has 0 aliphatic heterocycles. The van der Waals surface area contributed by atoms with Gasteiger partial charge >= 0.3 is 0 Å². The van der Waals surface area contributed by atoms with Crippen LogP contribution < -0.4 is 5.32 Å². The Morgan fingerprint density at radius 3 is 2.73 bits per heavy atom. The highest BCUT2D eigenvalue weighted by Gasteiger charge is 2.30. The third-order valence-corrected chi connectivity index (χ3v) is 5.31. The van der Waals surface area contributed by atoms with E-state index < -0.39 is 0 Å². The largest absolute Gasteiger partial charge is 0.355 e. The van der Waals surface area contributed by atoms with Crippen molar-refractivity contribution < 1.29 is 9.32 Å². The van der Waals surface area contributed by atoms with E-state index in [9.17, 15) is 4.79 Å². The average Bonchev–Trinajstić information content (AvgIpc) is 3.17. The van der Waals surface area contributed by atoms with E-state index in [-0.39, 0.29) is 5.91 Å². The lowest BCUT2D eigenvalue weighted by Gasteiger charge is -2.20. The fourth-order valence-electron chi connectivity index (χ4n) is 2.89. The lowest BCUT2D eigenvalue weighted by molar-refractivity contribution is 0.0963. The van der Waals surface area contributed by atoms with Crippen molar-refractivity contribution in [2.45, 2.75) is 32.0 Å². The number of carbonyl (C=O) groups excluding carboxylic acids is 1. The summed E-state index contributed by atoms with van der Waals surface area (Å²) in [5.74, 6) is 1.23. The van der Waals surface area contributed by atoms with Gasteiger partial charge in [-0.25, -0.2) is 0 Å². The molecule has 0 saturated heterocycles. The molecule has 3 aromatic rings. The van der Waals surface area contributed by atoms with Crippen molar-refractivity contribution in [3.63, 3.8) is 0 Å². The predicted octanol–water partition coefficient (Wildman–Crippen LogP) is 3.32. The zero-order valence-corrected chi connectivity index (χ0v) is 15.3. The first-order chi connectivity index (χ1) is 12.7. The van der Waals surface area contributed by atoms with Crippen molar-refractivity contribution in [3.05, 3.63) is 58.8 Å². The Labute approximate surface area is 155 Å². The predicted molar refractivity (Wildman–Crippen MR) is 99.7 cm³/mol. The number of aromatic nitrogens is 2. The quantitative estimate of drug-likeness (QED) is 0.693. The van der Waals surface area contributed by atoms with E-state index in [0.717, 1.165) is 11.4 Å². The van der Waals surface area contributed by atoms with E-state index in [2.05, 4.69) is 20.4 Å². The number of hydrogen-bond acceptors (Lipinski definition) is 6. The zero-order valence-electron chi connectivity index (χ0n) is 14.5. The summed E-state index contributed by atoms with van der Waals surface area (Å²) in [5, 5.41) is 8.74. The summed E-state index contributed by atoms with van der Waals surface area (Å²) in [6, 6.07) is 12.3. The number of hydrogen-bond donors (Lipinski definition) is 1. The third-order valence-electron chi connectivity index (χ3n) is 4.44. The summed E-state index contributed by atoms with van der Waals surface area (Å²) in [4.78, 5) is 19.6. The van der Waals surface area contributed by atoms with Gasteiger partial charge in [-0.2, -0.15) is 4.98 Å². The van der Waals surface area contributed by atoms with Crippen LogP contribution >= 0.6 is 11.3 Å². The Morgan fingerprint density at radius 1 is 1.27 bits per heavy atom. The zero-order chi connectivity index (χ0) is 17.9. The Hall–Kier alpha value is -2.51. The van der Waals surface area contributed by atoms with Gasteiger partial charge in [-0.3, -0.25) is 9.69 Å². The summed E-state index contributed by atoms with van der Waals surface area (Å²) >= 11 is 1.60. The van der Waals surface area contributed by atoms with Gasteiger partial charge in [0.05, 0.1) is 11.4 Å². The van der Waals surface area contributed by atoms with Crippen LogP contribution in [0.15, 0.2) is 46.3 Å². The van der Waals surface area contributed by atoms with Crippen LogP contribution in [0.25, 0.3) is 10.7 Å². The molecule has 1 N–H and O–H groups in total. The molecule has 1 aromatic carbocycles. The summed E-state index contributed by atoms with van der Waals surface area (Å²) in [7, 11) is 1.64. The number of nitrogens with zero attached hydrogens (tertiary/aromatic N) is 3. The second kappa shape index (κ2) is 7.39. The molecular formula is C19H20N4O2S. The Bertz CT molecular complexity index is 869. The van der Waals surface area contributed by atoms with Gasteiger partial charge in [0.15, 0.2) is 0 Å². The summed E-state index contributed by atoms with van der Waals surface area (Å²) < 4.78 is 5.45. The first kappa shape index (κ1) is 16.9. The van der Waals surface area contributed by atoms with Crippen LogP contribution in [0.4, 0.5) is 0 Å². The molecule has 1 saturated carbocycles. The molecule has 0 bridgehead atoms. The molecule has 2 heterocycles. The number of carbonyl (C=O) groups is 1. The van der Waals surface area contributed by atoms with E-state index in [1.165, 1.54) is 18.4 Å². The molecule has 0 radical (unpaired) electrons. The van der Waals surface area contributed by atoms with Crippen molar-refractivity contribution in [1.29, 1.82) is 0 Å². The molecule has 1 fully saturated rings. The molecule has 1 amide bonds. The lowest BCUT2D eigenvalue weighted by Crippen LogP contribution is -2.25.